The Hall–Kier alpha value is -5.11. The van der Waals surface area contributed by atoms with Crippen molar-refractivity contribution in [3.8, 4) is 0 Å². The van der Waals surface area contributed by atoms with Crippen molar-refractivity contribution in [3.63, 3.8) is 0 Å². The zero-order valence-electron chi connectivity index (χ0n) is 22.4. The molecule has 7 rings (SSSR count). The maximum Gasteiger partial charge on any atom is 0.275 e. The minimum atomic E-state index is -1.04. The second kappa shape index (κ2) is 9.23. The topological polar surface area (TPSA) is 104 Å². The molecular weight excluding hydrogens is 514 g/mol. The third-order valence-corrected chi connectivity index (χ3v) is 8.44. The van der Waals surface area contributed by atoms with Gasteiger partial charge in [-0.2, -0.15) is 0 Å². The van der Waals surface area contributed by atoms with Crippen molar-refractivity contribution in [2.24, 2.45) is 4.99 Å². The molecule has 0 fully saturated rings. The fourth-order valence-corrected chi connectivity index (χ4v) is 6.32. The minimum absolute atomic E-state index is 0.0463. The second-order valence-corrected chi connectivity index (χ2v) is 10.9. The lowest BCUT2D eigenvalue weighted by molar-refractivity contribution is -0.132. The van der Waals surface area contributed by atoms with Crippen molar-refractivity contribution < 1.29 is 14.4 Å². The number of benzene rings is 3. The first-order chi connectivity index (χ1) is 19.9. The fraction of sp³-hybridized carbons (Fsp3) is 0.182. The molecule has 4 aromatic rings. The van der Waals surface area contributed by atoms with Crippen LogP contribution in [0.4, 0.5) is 11.5 Å². The number of nitrogens with one attached hydrogen (secondary N) is 2. The Bertz CT molecular complexity index is 1750. The van der Waals surface area contributed by atoms with E-state index < -0.39 is 11.1 Å². The van der Waals surface area contributed by atoms with Crippen LogP contribution < -0.4 is 10.6 Å². The Kier molecular flexibility index (Phi) is 5.61. The van der Waals surface area contributed by atoms with E-state index in [4.69, 9.17) is 4.99 Å². The van der Waals surface area contributed by atoms with Gasteiger partial charge in [0.05, 0.1) is 5.41 Å². The third-order valence-electron chi connectivity index (χ3n) is 8.44. The number of pyridine rings is 1. The monoisotopic (exact) mass is 541 g/mol. The molecular formula is C33H27N5O3. The number of aromatic nitrogens is 1. The van der Waals surface area contributed by atoms with E-state index in [1.54, 1.807) is 6.20 Å². The Labute approximate surface area is 237 Å². The number of hydrogen-bond acceptors (Lipinski definition) is 5. The maximum absolute atomic E-state index is 13.7. The van der Waals surface area contributed by atoms with E-state index in [-0.39, 0.29) is 24.3 Å². The molecule has 8 nitrogen and oxygen atoms in total. The summed E-state index contributed by atoms with van der Waals surface area (Å²) < 4.78 is 0. The maximum atomic E-state index is 13.7. The van der Waals surface area contributed by atoms with Gasteiger partial charge < -0.3 is 10.6 Å². The van der Waals surface area contributed by atoms with E-state index >= 15 is 0 Å². The van der Waals surface area contributed by atoms with Gasteiger partial charge in [-0.05, 0) is 54.7 Å². The number of nitrogens with zero attached hydrogens (tertiary/aromatic N) is 3. The smallest absolute Gasteiger partial charge is 0.275 e. The summed E-state index contributed by atoms with van der Waals surface area (Å²) in [6.45, 7) is 1.68. The lowest BCUT2D eigenvalue weighted by Gasteiger charge is -2.33. The minimum Gasteiger partial charge on any atom is -0.325 e. The SMILES string of the molecule is CC1(c2ccccc2)N=C(c2ccccc2)C(=O)N1CC(=O)Nc1ccc2c(c1)CC1(C2)C(=O)Nc2ncccc21. The van der Waals surface area contributed by atoms with Gasteiger partial charge in [-0.15, -0.1) is 0 Å². The first-order valence-corrected chi connectivity index (χ1v) is 13.6. The van der Waals surface area contributed by atoms with Gasteiger partial charge in [-0.3, -0.25) is 19.3 Å². The molecule has 2 N–H and O–H groups in total. The summed E-state index contributed by atoms with van der Waals surface area (Å²) >= 11 is 0. The average molecular weight is 542 g/mol. The highest BCUT2D eigenvalue weighted by Crippen LogP contribution is 2.47. The largest absolute Gasteiger partial charge is 0.325 e. The second-order valence-electron chi connectivity index (χ2n) is 10.9. The highest BCUT2D eigenvalue weighted by atomic mass is 16.2. The van der Waals surface area contributed by atoms with Gasteiger partial charge in [0.2, 0.25) is 11.8 Å². The molecule has 0 saturated carbocycles. The highest BCUT2D eigenvalue weighted by Gasteiger charge is 2.51. The number of anilines is 2. The molecule has 3 aliphatic rings. The van der Waals surface area contributed by atoms with Crippen LogP contribution in [0.25, 0.3) is 0 Å². The first-order valence-electron chi connectivity index (χ1n) is 13.6. The van der Waals surface area contributed by atoms with Gasteiger partial charge in [0.1, 0.15) is 18.1 Å². The molecule has 41 heavy (non-hydrogen) atoms. The van der Waals surface area contributed by atoms with E-state index in [0.717, 1.165) is 22.3 Å². The molecule has 0 saturated heterocycles. The van der Waals surface area contributed by atoms with Crippen molar-refractivity contribution in [2.45, 2.75) is 30.8 Å². The molecule has 8 heteroatoms. The average Bonchev–Trinajstić information content (AvgIpc) is 3.60. The van der Waals surface area contributed by atoms with Crippen molar-refractivity contribution in [1.29, 1.82) is 0 Å². The van der Waals surface area contributed by atoms with Crippen LogP contribution in [0, 0.1) is 0 Å². The summed E-state index contributed by atoms with van der Waals surface area (Å²) in [6.07, 6.45) is 2.79. The summed E-state index contributed by atoms with van der Waals surface area (Å²) in [5, 5.41) is 5.90. The van der Waals surface area contributed by atoms with Crippen molar-refractivity contribution in [2.75, 3.05) is 17.2 Å². The molecule has 2 unspecified atom stereocenters. The van der Waals surface area contributed by atoms with E-state index in [1.807, 2.05) is 97.9 Å². The molecule has 3 amide bonds. The number of carbonyl (C=O) groups excluding carboxylic acids is 3. The lowest BCUT2D eigenvalue weighted by Crippen LogP contribution is -2.46. The molecule has 0 radical (unpaired) electrons. The van der Waals surface area contributed by atoms with Crippen molar-refractivity contribution in [3.05, 3.63) is 125 Å². The van der Waals surface area contributed by atoms with Gasteiger partial charge >= 0.3 is 0 Å². The fourth-order valence-electron chi connectivity index (χ4n) is 6.32. The standard InChI is InChI=1S/C33H27N5O3/c1-32(24-11-6-3-7-12-24)37-28(21-9-4-2-5-10-21)30(40)38(32)20-27(39)35-25-15-14-22-18-33(19-23(22)17-25)26-13-8-16-34-29(26)36-31(33)41/h2-17H,18-20H2,1H3,(H,35,39)(H,34,36,41). The van der Waals surface area contributed by atoms with E-state index in [1.165, 1.54) is 4.90 Å². The Morgan fingerprint density at radius 2 is 1.66 bits per heavy atom. The van der Waals surface area contributed by atoms with Crippen LogP contribution in [-0.4, -0.2) is 39.9 Å². The van der Waals surface area contributed by atoms with Gasteiger partial charge in [-0.1, -0.05) is 72.8 Å². The molecule has 0 bridgehead atoms. The van der Waals surface area contributed by atoms with Crippen LogP contribution in [0.5, 0.6) is 0 Å². The number of hydrogen-bond donors (Lipinski definition) is 2. The Balaban J connectivity index is 1.13. The van der Waals surface area contributed by atoms with Crippen LogP contribution in [0.15, 0.2) is 102 Å². The summed E-state index contributed by atoms with van der Waals surface area (Å²) in [5.74, 6) is -0.0541. The number of amides is 3. The van der Waals surface area contributed by atoms with Crippen LogP contribution in [-0.2, 0) is 38.3 Å². The van der Waals surface area contributed by atoms with Gasteiger partial charge in [0, 0.05) is 23.0 Å². The highest BCUT2D eigenvalue weighted by molar-refractivity contribution is 6.47. The molecule has 3 aromatic carbocycles. The van der Waals surface area contributed by atoms with Gasteiger partial charge in [-0.25, -0.2) is 9.98 Å². The van der Waals surface area contributed by atoms with Gasteiger partial charge in [0.25, 0.3) is 5.91 Å². The number of carbonyl (C=O) groups is 3. The zero-order valence-corrected chi connectivity index (χ0v) is 22.4. The summed E-state index contributed by atoms with van der Waals surface area (Å²) in [4.78, 5) is 50.9. The van der Waals surface area contributed by atoms with E-state index in [2.05, 4.69) is 15.6 Å². The molecule has 1 spiro atoms. The predicted molar refractivity (Wildman–Crippen MR) is 156 cm³/mol. The Morgan fingerprint density at radius 1 is 0.927 bits per heavy atom. The summed E-state index contributed by atoms with van der Waals surface area (Å²) in [6, 6.07) is 28.4. The number of fused-ring (bicyclic) bond motifs is 3. The van der Waals surface area contributed by atoms with Gasteiger partial charge in [0.15, 0.2) is 5.66 Å². The molecule has 2 aliphatic heterocycles. The first kappa shape index (κ1) is 24.9. The molecule has 3 heterocycles. The lowest BCUT2D eigenvalue weighted by atomic mass is 9.79. The molecule has 1 aromatic heterocycles. The summed E-state index contributed by atoms with van der Waals surface area (Å²) in [7, 11) is 0. The molecule has 2 atom stereocenters. The van der Waals surface area contributed by atoms with E-state index in [0.29, 0.717) is 35.6 Å². The molecule has 202 valence electrons. The summed E-state index contributed by atoms with van der Waals surface area (Å²) in [5.41, 5.74) is 3.75. The van der Waals surface area contributed by atoms with Crippen LogP contribution in [0.3, 0.4) is 0 Å². The number of aliphatic imine (C=N–C) groups is 1. The third kappa shape index (κ3) is 3.94. The normalized spacial score (nSPS) is 22.4. The van der Waals surface area contributed by atoms with Crippen molar-refractivity contribution >= 4 is 34.9 Å². The number of rotatable bonds is 5. The molecule has 1 aliphatic carbocycles. The van der Waals surface area contributed by atoms with Crippen LogP contribution >= 0.6 is 0 Å². The Morgan fingerprint density at radius 3 is 2.44 bits per heavy atom. The van der Waals surface area contributed by atoms with Crippen LogP contribution in [0.1, 0.15) is 34.7 Å². The zero-order chi connectivity index (χ0) is 28.2. The quantitative estimate of drug-likeness (QED) is 0.395. The predicted octanol–water partition coefficient (Wildman–Crippen LogP) is 4.21. The van der Waals surface area contributed by atoms with Crippen molar-refractivity contribution in [1.82, 2.24) is 9.88 Å². The van der Waals surface area contributed by atoms with Crippen LogP contribution in [0.2, 0.25) is 0 Å². The van der Waals surface area contributed by atoms with E-state index in [9.17, 15) is 14.4 Å².